The van der Waals surface area contributed by atoms with Crippen LogP contribution in [-0.2, 0) is 9.53 Å². The van der Waals surface area contributed by atoms with Gasteiger partial charge in [0.05, 0.1) is 6.61 Å². The molecule has 1 amide bonds. The predicted octanol–water partition coefficient (Wildman–Crippen LogP) is 4.91. The predicted molar refractivity (Wildman–Crippen MR) is 97.1 cm³/mol. The van der Waals surface area contributed by atoms with Gasteiger partial charge in [-0.3, -0.25) is 9.69 Å². The maximum Gasteiger partial charge on any atom is 0.414 e. The second-order valence-electron chi connectivity index (χ2n) is 7.52. The second kappa shape index (κ2) is 7.64. The van der Waals surface area contributed by atoms with Crippen LogP contribution in [0.5, 0.6) is 0 Å². The Morgan fingerprint density at radius 3 is 2.09 bits per heavy atom. The van der Waals surface area contributed by atoms with Crippen LogP contribution in [0.3, 0.4) is 0 Å². The van der Waals surface area contributed by atoms with Gasteiger partial charge in [-0.2, -0.15) is 0 Å². The molecular formula is C18H33NO3Si. The van der Waals surface area contributed by atoms with Gasteiger partial charge in [0.2, 0.25) is 0 Å². The average Bonchev–Trinajstić information content (AvgIpc) is 2.40. The standard InChI is InChI=1S/C18H33NO3Si/c1-9-22-18(21)19-11-17(16(20)10-15(19)8)23(12(2)3,13(4)5)14(6)7/h11-15H,9-10H2,1-8H3/t15-/m1/s1. The molecule has 0 radical (unpaired) electrons. The summed E-state index contributed by atoms with van der Waals surface area (Å²) in [6.45, 7) is 17.4. The molecule has 1 rings (SSSR count). The molecule has 0 saturated carbocycles. The Labute approximate surface area is 142 Å². The Hall–Kier alpha value is -1.10. The maximum atomic E-state index is 12.9. The molecule has 0 bridgehead atoms. The minimum absolute atomic E-state index is 0.136. The molecule has 23 heavy (non-hydrogen) atoms. The molecule has 0 aromatic carbocycles. The van der Waals surface area contributed by atoms with Crippen molar-refractivity contribution in [3.8, 4) is 0 Å². The van der Waals surface area contributed by atoms with Gasteiger partial charge in [-0.25, -0.2) is 4.79 Å². The molecule has 0 spiro atoms. The molecule has 0 unspecified atom stereocenters. The van der Waals surface area contributed by atoms with E-state index in [-0.39, 0.29) is 17.9 Å². The van der Waals surface area contributed by atoms with Crippen LogP contribution in [-0.4, -0.2) is 37.5 Å². The van der Waals surface area contributed by atoms with Gasteiger partial charge in [-0.05, 0) is 35.7 Å². The van der Waals surface area contributed by atoms with Gasteiger partial charge < -0.3 is 4.74 Å². The van der Waals surface area contributed by atoms with Crippen LogP contribution < -0.4 is 0 Å². The fraction of sp³-hybridized carbons (Fsp3) is 0.778. The van der Waals surface area contributed by atoms with E-state index in [0.717, 1.165) is 5.20 Å². The van der Waals surface area contributed by atoms with E-state index in [9.17, 15) is 9.59 Å². The van der Waals surface area contributed by atoms with Crippen LogP contribution in [0.15, 0.2) is 11.4 Å². The number of amides is 1. The minimum Gasteiger partial charge on any atom is -0.449 e. The normalized spacial score (nSPS) is 19.6. The van der Waals surface area contributed by atoms with Gasteiger partial charge in [0.1, 0.15) is 8.07 Å². The minimum atomic E-state index is -2.07. The molecule has 5 heteroatoms. The Bertz CT molecular complexity index is 461. The lowest BCUT2D eigenvalue weighted by Crippen LogP contribution is -2.53. The van der Waals surface area contributed by atoms with E-state index in [1.807, 2.05) is 13.1 Å². The number of nitrogens with zero attached hydrogens (tertiary/aromatic N) is 1. The highest BCUT2D eigenvalue weighted by Crippen LogP contribution is 2.48. The average molecular weight is 340 g/mol. The molecule has 0 N–H and O–H groups in total. The number of carbonyl (C=O) groups excluding carboxylic acids is 2. The quantitative estimate of drug-likeness (QED) is 0.669. The van der Waals surface area contributed by atoms with Crippen molar-refractivity contribution in [3.05, 3.63) is 11.4 Å². The van der Waals surface area contributed by atoms with Crippen molar-refractivity contribution in [2.75, 3.05) is 6.61 Å². The van der Waals surface area contributed by atoms with Crippen molar-refractivity contribution in [3.63, 3.8) is 0 Å². The molecule has 1 atom stereocenters. The number of hydrogen-bond donors (Lipinski definition) is 0. The zero-order chi connectivity index (χ0) is 17.9. The summed E-state index contributed by atoms with van der Waals surface area (Å²) in [5.74, 6) is 0.223. The number of allylic oxidation sites excluding steroid dienone is 1. The fourth-order valence-corrected chi connectivity index (χ4v) is 11.3. The first-order chi connectivity index (χ1) is 10.6. The highest BCUT2D eigenvalue weighted by Gasteiger charge is 2.50. The summed E-state index contributed by atoms with van der Waals surface area (Å²) in [6.07, 6.45) is 1.89. The smallest absolute Gasteiger partial charge is 0.414 e. The first-order valence-electron chi connectivity index (χ1n) is 8.81. The summed E-state index contributed by atoms with van der Waals surface area (Å²) in [5, 5.41) is 0.920. The SMILES string of the molecule is CCOC(=O)N1C=C([Si](C(C)C)(C(C)C)C(C)C)C(=O)C[C@H]1C. The van der Waals surface area contributed by atoms with Crippen LogP contribution >= 0.6 is 0 Å². The van der Waals surface area contributed by atoms with Crippen molar-refractivity contribution in [2.45, 2.75) is 84.5 Å². The number of hydrogen-bond acceptors (Lipinski definition) is 3. The van der Waals surface area contributed by atoms with E-state index in [0.29, 0.717) is 29.7 Å². The number of Topliss-reactive ketones (excluding diaryl/α,β-unsaturated/α-hetero) is 1. The summed E-state index contributed by atoms with van der Waals surface area (Å²) in [6, 6.07) is -0.136. The Morgan fingerprint density at radius 1 is 1.22 bits per heavy atom. The molecule has 0 aliphatic carbocycles. The zero-order valence-corrected chi connectivity index (χ0v) is 17.0. The van der Waals surface area contributed by atoms with Crippen molar-refractivity contribution in [1.82, 2.24) is 4.90 Å². The first kappa shape index (κ1) is 19.9. The lowest BCUT2D eigenvalue weighted by atomic mass is 10.1. The van der Waals surface area contributed by atoms with E-state index in [1.54, 1.807) is 11.8 Å². The molecule has 0 aromatic rings. The van der Waals surface area contributed by atoms with Gasteiger partial charge in [-0.1, -0.05) is 41.5 Å². The zero-order valence-electron chi connectivity index (χ0n) is 16.0. The Balaban J connectivity index is 3.46. The van der Waals surface area contributed by atoms with Crippen molar-refractivity contribution >= 4 is 20.0 Å². The van der Waals surface area contributed by atoms with Crippen LogP contribution in [0.4, 0.5) is 4.79 Å². The molecule has 1 heterocycles. The first-order valence-corrected chi connectivity index (χ1v) is 11.0. The Kier molecular flexibility index (Phi) is 6.63. The molecule has 132 valence electrons. The van der Waals surface area contributed by atoms with Gasteiger partial charge >= 0.3 is 6.09 Å². The molecule has 0 aromatic heterocycles. The number of rotatable bonds is 5. The molecule has 0 fully saturated rings. The van der Waals surface area contributed by atoms with E-state index in [4.69, 9.17) is 4.74 Å². The summed E-state index contributed by atoms with van der Waals surface area (Å²) in [7, 11) is -2.07. The summed E-state index contributed by atoms with van der Waals surface area (Å²) < 4.78 is 5.18. The number of carbonyl (C=O) groups is 2. The maximum absolute atomic E-state index is 12.9. The molecule has 0 saturated heterocycles. The summed E-state index contributed by atoms with van der Waals surface area (Å²) in [5.41, 5.74) is 1.32. The highest BCUT2D eigenvalue weighted by atomic mass is 28.3. The Morgan fingerprint density at radius 2 is 1.70 bits per heavy atom. The van der Waals surface area contributed by atoms with Gasteiger partial charge in [0.25, 0.3) is 0 Å². The fourth-order valence-electron chi connectivity index (χ4n) is 4.53. The molecule has 1 aliphatic heterocycles. The third-order valence-corrected chi connectivity index (χ3v) is 12.4. The van der Waals surface area contributed by atoms with E-state index in [2.05, 4.69) is 41.5 Å². The van der Waals surface area contributed by atoms with Crippen molar-refractivity contribution < 1.29 is 14.3 Å². The highest BCUT2D eigenvalue weighted by molar-refractivity contribution is 6.93. The molecular weight excluding hydrogens is 306 g/mol. The lowest BCUT2D eigenvalue weighted by Gasteiger charge is -2.46. The van der Waals surface area contributed by atoms with E-state index >= 15 is 0 Å². The monoisotopic (exact) mass is 339 g/mol. The van der Waals surface area contributed by atoms with Crippen LogP contribution in [0.2, 0.25) is 16.6 Å². The largest absolute Gasteiger partial charge is 0.449 e. The van der Waals surface area contributed by atoms with Gasteiger partial charge in [-0.15, -0.1) is 0 Å². The number of ether oxygens (including phenoxy) is 1. The van der Waals surface area contributed by atoms with Gasteiger partial charge in [0.15, 0.2) is 5.78 Å². The number of ketones is 1. The van der Waals surface area contributed by atoms with Crippen LogP contribution in [0, 0.1) is 0 Å². The van der Waals surface area contributed by atoms with Gasteiger partial charge in [0, 0.05) is 18.7 Å². The third-order valence-electron chi connectivity index (χ3n) is 5.34. The van der Waals surface area contributed by atoms with Crippen molar-refractivity contribution in [1.29, 1.82) is 0 Å². The second-order valence-corrected chi connectivity index (χ2v) is 13.4. The topological polar surface area (TPSA) is 46.6 Å². The summed E-state index contributed by atoms with van der Waals surface area (Å²) in [4.78, 5) is 26.8. The lowest BCUT2D eigenvalue weighted by molar-refractivity contribution is -0.116. The van der Waals surface area contributed by atoms with Crippen molar-refractivity contribution in [2.24, 2.45) is 0 Å². The summed E-state index contributed by atoms with van der Waals surface area (Å²) >= 11 is 0. The van der Waals surface area contributed by atoms with E-state index < -0.39 is 8.07 Å². The third kappa shape index (κ3) is 3.54. The van der Waals surface area contributed by atoms with Crippen LogP contribution in [0.25, 0.3) is 0 Å². The van der Waals surface area contributed by atoms with E-state index in [1.165, 1.54) is 0 Å². The molecule has 4 nitrogen and oxygen atoms in total. The van der Waals surface area contributed by atoms with Crippen LogP contribution in [0.1, 0.15) is 61.8 Å². The molecule has 1 aliphatic rings.